The molecular formula is C12H17NO4. The summed E-state index contributed by atoms with van der Waals surface area (Å²) >= 11 is 0. The van der Waals surface area contributed by atoms with Gasteiger partial charge in [-0.25, -0.2) is 0 Å². The van der Waals surface area contributed by atoms with E-state index in [2.05, 4.69) is 5.32 Å². The molecule has 2 atom stereocenters. The summed E-state index contributed by atoms with van der Waals surface area (Å²) in [6.07, 6.45) is -0.596. The van der Waals surface area contributed by atoms with E-state index in [1.165, 1.54) is 0 Å². The van der Waals surface area contributed by atoms with Crippen LogP contribution < -0.4 is 5.32 Å². The molecule has 0 aliphatic carbocycles. The lowest BCUT2D eigenvalue weighted by Crippen LogP contribution is -2.43. The molecule has 1 rings (SSSR count). The van der Waals surface area contributed by atoms with E-state index in [1.54, 1.807) is 0 Å². The van der Waals surface area contributed by atoms with Crippen molar-refractivity contribution in [1.29, 1.82) is 0 Å². The first-order valence-electron chi connectivity index (χ1n) is 5.42. The van der Waals surface area contributed by atoms with Crippen molar-refractivity contribution >= 4 is 5.97 Å². The van der Waals surface area contributed by atoms with E-state index in [1.807, 2.05) is 30.3 Å². The number of aliphatic carboxylic acids is 1. The van der Waals surface area contributed by atoms with Crippen LogP contribution in [0, 0.1) is 0 Å². The number of nitrogens with one attached hydrogen (secondary N) is 1. The van der Waals surface area contributed by atoms with Crippen LogP contribution in [0.15, 0.2) is 30.3 Å². The molecule has 1 aromatic rings. The minimum atomic E-state index is -0.973. The van der Waals surface area contributed by atoms with Crippen LogP contribution in [0.3, 0.4) is 0 Å². The van der Waals surface area contributed by atoms with Gasteiger partial charge in [-0.3, -0.25) is 4.79 Å². The zero-order chi connectivity index (χ0) is 12.7. The van der Waals surface area contributed by atoms with Crippen LogP contribution in [0.1, 0.15) is 5.56 Å². The van der Waals surface area contributed by atoms with Gasteiger partial charge in [0.25, 0.3) is 0 Å². The fourth-order valence-electron chi connectivity index (χ4n) is 1.44. The van der Waals surface area contributed by atoms with Gasteiger partial charge in [0.05, 0.1) is 12.7 Å². The van der Waals surface area contributed by atoms with Crippen molar-refractivity contribution in [2.75, 3.05) is 13.2 Å². The molecule has 4 N–H and O–H groups in total. The Labute approximate surface area is 99.7 Å². The molecule has 0 amide bonds. The zero-order valence-corrected chi connectivity index (χ0v) is 9.41. The summed E-state index contributed by atoms with van der Waals surface area (Å²) in [7, 11) is 0. The maximum Gasteiger partial charge on any atom is 0.321 e. The number of aliphatic hydroxyl groups excluding tert-OH is 2. The number of hydrogen-bond acceptors (Lipinski definition) is 4. The second-order valence-corrected chi connectivity index (χ2v) is 3.83. The van der Waals surface area contributed by atoms with Gasteiger partial charge < -0.3 is 20.6 Å². The SMILES string of the molecule is O=C(O)C(Cc1ccccc1)NCC(O)CO. The number of benzene rings is 1. The Morgan fingerprint density at radius 1 is 1.29 bits per heavy atom. The summed E-state index contributed by atoms with van der Waals surface area (Å²) in [4.78, 5) is 11.0. The van der Waals surface area contributed by atoms with E-state index in [0.29, 0.717) is 6.42 Å². The number of aliphatic hydroxyl groups is 2. The Kier molecular flexibility index (Phi) is 5.62. The highest BCUT2D eigenvalue weighted by molar-refractivity contribution is 5.73. The molecule has 17 heavy (non-hydrogen) atoms. The summed E-state index contributed by atoms with van der Waals surface area (Å²) in [5, 5.41) is 29.5. The summed E-state index contributed by atoms with van der Waals surface area (Å²) in [5.74, 6) is -0.973. The van der Waals surface area contributed by atoms with E-state index in [-0.39, 0.29) is 13.2 Å². The van der Waals surface area contributed by atoms with Crippen LogP contribution in [-0.4, -0.2) is 46.6 Å². The lowest BCUT2D eigenvalue weighted by Gasteiger charge is -2.16. The number of hydrogen-bond donors (Lipinski definition) is 4. The third-order valence-corrected chi connectivity index (χ3v) is 2.39. The van der Waals surface area contributed by atoms with Gasteiger partial charge in [-0.1, -0.05) is 30.3 Å². The smallest absolute Gasteiger partial charge is 0.321 e. The van der Waals surface area contributed by atoms with Gasteiger partial charge in [-0.2, -0.15) is 0 Å². The zero-order valence-electron chi connectivity index (χ0n) is 9.41. The molecule has 2 unspecified atom stereocenters. The van der Waals surface area contributed by atoms with Crippen LogP contribution in [-0.2, 0) is 11.2 Å². The highest BCUT2D eigenvalue weighted by atomic mass is 16.4. The van der Waals surface area contributed by atoms with Crippen molar-refractivity contribution in [3.05, 3.63) is 35.9 Å². The molecule has 0 saturated carbocycles. The van der Waals surface area contributed by atoms with Gasteiger partial charge in [-0.15, -0.1) is 0 Å². The van der Waals surface area contributed by atoms with Crippen LogP contribution >= 0.6 is 0 Å². The topological polar surface area (TPSA) is 89.8 Å². The predicted octanol–water partition coefficient (Wildman–Crippen LogP) is -0.375. The first kappa shape index (κ1) is 13.6. The molecule has 5 heteroatoms. The molecule has 0 radical (unpaired) electrons. The fraction of sp³-hybridized carbons (Fsp3) is 0.417. The van der Waals surface area contributed by atoms with E-state index in [9.17, 15) is 4.79 Å². The van der Waals surface area contributed by atoms with E-state index < -0.39 is 18.1 Å². The van der Waals surface area contributed by atoms with Crippen molar-refractivity contribution < 1.29 is 20.1 Å². The van der Waals surface area contributed by atoms with E-state index in [4.69, 9.17) is 15.3 Å². The molecule has 0 fully saturated rings. The van der Waals surface area contributed by atoms with Crippen molar-refractivity contribution in [3.8, 4) is 0 Å². The van der Waals surface area contributed by atoms with Gasteiger partial charge in [0.15, 0.2) is 0 Å². The average molecular weight is 239 g/mol. The molecular weight excluding hydrogens is 222 g/mol. The van der Waals surface area contributed by atoms with Gasteiger partial charge in [0, 0.05) is 6.54 Å². The molecule has 0 bridgehead atoms. The Bertz CT molecular complexity index is 342. The van der Waals surface area contributed by atoms with Crippen LogP contribution in [0.2, 0.25) is 0 Å². The summed E-state index contributed by atoms with van der Waals surface area (Å²) in [6, 6.07) is 8.48. The molecule has 0 heterocycles. The van der Waals surface area contributed by atoms with Crippen molar-refractivity contribution in [1.82, 2.24) is 5.32 Å². The summed E-state index contributed by atoms with van der Waals surface area (Å²) in [6.45, 7) is -0.328. The molecule has 0 aliphatic rings. The first-order valence-corrected chi connectivity index (χ1v) is 5.42. The lowest BCUT2D eigenvalue weighted by atomic mass is 10.1. The van der Waals surface area contributed by atoms with Crippen molar-refractivity contribution in [2.45, 2.75) is 18.6 Å². The first-order chi connectivity index (χ1) is 8.13. The second kappa shape index (κ2) is 7.01. The second-order valence-electron chi connectivity index (χ2n) is 3.83. The predicted molar refractivity (Wildman–Crippen MR) is 62.7 cm³/mol. The highest BCUT2D eigenvalue weighted by Crippen LogP contribution is 2.03. The number of carbonyl (C=O) groups is 1. The van der Waals surface area contributed by atoms with Gasteiger partial charge in [0.1, 0.15) is 6.04 Å². The number of carboxylic acids is 1. The lowest BCUT2D eigenvalue weighted by molar-refractivity contribution is -0.139. The minimum Gasteiger partial charge on any atom is -0.480 e. The van der Waals surface area contributed by atoms with E-state index >= 15 is 0 Å². The molecule has 0 aliphatic heterocycles. The van der Waals surface area contributed by atoms with Gasteiger partial charge >= 0.3 is 5.97 Å². The maximum atomic E-state index is 11.0. The van der Waals surface area contributed by atoms with Crippen molar-refractivity contribution in [3.63, 3.8) is 0 Å². The average Bonchev–Trinajstić information content (AvgIpc) is 2.34. The fourth-order valence-corrected chi connectivity index (χ4v) is 1.44. The van der Waals surface area contributed by atoms with Gasteiger partial charge in [-0.05, 0) is 12.0 Å². The maximum absolute atomic E-state index is 11.0. The van der Waals surface area contributed by atoms with Crippen LogP contribution in [0.25, 0.3) is 0 Å². The normalized spacial score (nSPS) is 14.2. The summed E-state index contributed by atoms with van der Waals surface area (Å²) < 4.78 is 0. The molecule has 1 aromatic carbocycles. The number of rotatable bonds is 7. The Balaban J connectivity index is 2.52. The molecule has 0 aromatic heterocycles. The quantitative estimate of drug-likeness (QED) is 0.521. The largest absolute Gasteiger partial charge is 0.480 e. The third-order valence-electron chi connectivity index (χ3n) is 2.39. The number of carboxylic acid groups (broad SMARTS) is 1. The van der Waals surface area contributed by atoms with E-state index in [0.717, 1.165) is 5.56 Å². The summed E-state index contributed by atoms with van der Waals surface area (Å²) in [5.41, 5.74) is 0.908. The Hall–Kier alpha value is -1.43. The molecule has 0 saturated heterocycles. The van der Waals surface area contributed by atoms with Gasteiger partial charge in [0.2, 0.25) is 0 Å². The Morgan fingerprint density at radius 2 is 1.94 bits per heavy atom. The molecule has 94 valence electrons. The Morgan fingerprint density at radius 3 is 2.47 bits per heavy atom. The van der Waals surface area contributed by atoms with Crippen LogP contribution in [0.5, 0.6) is 0 Å². The standard InChI is InChI=1S/C12H17NO4/c14-8-10(15)7-13-11(12(16)17)6-9-4-2-1-3-5-9/h1-5,10-11,13-15H,6-8H2,(H,16,17). The molecule has 0 spiro atoms. The molecule has 5 nitrogen and oxygen atoms in total. The third kappa shape index (κ3) is 4.95. The minimum absolute atomic E-state index is 0.0559. The van der Waals surface area contributed by atoms with Crippen molar-refractivity contribution in [2.24, 2.45) is 0 Å². The monoisotopic (exact) mass is 239 g/mol. The highest BCUT2D eigenvalue weighted by Gasteiger charge is 2.18. The van der Waals surface area contributed by atoms with Crippen LogP contribution in [0.4, 0.5) is 0 Å².